The second-order valence-corrected chi connectivity index (χ2v) is 6.69. The molecule has 0 aliphatic carbocycles. The van der Waals surface area contributed by atoms with Crippen molar-refractivity contribution < 1.29 is 13.2 Å². The average Bonchev–Trinajstić information content (AvgIpc) is 2.89. The van der Waals surface area contributed by atoms with Crippen molar-refractivity contribution in [2.24, 2.45) is 0 Å². The van der Waals surface area contributed by atoms with E-state index in [0.29, 0.717) is 30.8 Å². The lowest BCUT2D eigenvalue weighted by Crippen LogP contribution is -2.31. The molecule has 1 unspecified atom stereocenters. The third-order valence-corrected chi connectivity index (χ3v) is 5.50. The van der Waals surface area contributed by atoms with Crippen molar-refractivity contribution in [3.05, 3.63) is 30.3 Å². The second kappa shape index (κ2) is 5.10. The maximum Gasteiger partial charge on any atom is 0.222 e. The minimum atomic E-state index is -3.31. The molecule has 1 aliphatic heterocycles. The number of benzene rings is 1. The summed E-state index contributed by atoms with van der Waals surface area (Å²) in [5, 5.41) is -0.463. The number of hydrogen-bond acceptors (Lipinski definition) is 3. The van der Waals surface area contributed by atoms with Crippen LogP contribution in [0.2, 0.25) is 0 Å². The molecule has 0 spiro atoms. The zero-order valence-corrected chi connectivity index (χ0v) is 11.2. The number of rotatable bonds is 3. The number of likely N-dealkylation sites (tertiary alicyclic amines) is 1. The number of amides is 1. The highest BCUT2D eigenvalue weighted by atomic mass is 32.2. The van der Waals surface area contributed by atoms with Crippen LogP contribution in [0.3, 0.4) is 0 Å². The van der Waals surface area contributed by atoms with Crippen LogP contribution >= 0.6 is 0 Å². The van der Waals surface area contributed by atoms with E-state index < -0.39 is 15.1 Å². The van der Waals surface area contributed by atoms with Crippen LogP contribution in [-0.4, -0.2) is 37.6 Å². The number of carbonyl (C=O) groups excluding carboxylic acids is 1. The predicted molar refractivity (Wildman–Crippen MR) is 68.9 cm³/mol. The summed E-state index contributed by atoms with van der Waals surface area (Å²) < 4.78 is 24.7. The van der Waals surface area contributed by atoms with Gasteiger partial charge in [-0.3, -0.25) is 4.79 Å². The molecule has 4 nitrogen and oxygen atoms in total. The Hall–Kier alpha value is -1.36. The molecule has 0 N–H and O–H groups in total. The molecule has 1 atom stereocenters. The van der Waals surface area contributed by atoms with Crippen LogP contribution < -0.4 is 0 Å². The van der Waals surface area contributed by atoms with Gasteiger partial charge in [0.15, 0.2) is 9.84 Å². The first-order valence-corrected chi connectivity index (χ1v) is 7.67. The molecule has 1 aromatic rings. The zero-order valence-electron chi connectivity index (χ0n) is 10.4. The predicted octanol–water partition coefficient (Wildman–Crippen LogP) is 1.47. The molecule has 5 heteroatoms. The second-order valence-electron chi connectivity index (χ2n) is 4.46. The first kappa shape index (κ1) is 13.1. The molecule has 1 amide bonds. The van der Waals surface area contributed by atoms with E-state index in [1.807, 2.05) is 0 Å². The highest BCUT2D eigenvalue weighted by Gasteiger charge is 2.35. The van der Waals surface area contributed by atoms with Crippen molar-refractivity contribution in [2.75, 3.05) is 13.1 Å². The normalized spacial score (nSPS) is 20.1. The number of nitrogens with zero attached hydrogens (tertiary/aromatic N) is 1. The largest absolute Gasteiger partial charge is 0.341 e. The molecule has 18 heavy (non-hydrogen) atoms. The number of hydrogen-bond donors (Lipinski definition) is 0. The van der Waals surface area contributed by atoms with Crippen molar-refractivity contribution in [3.8, 4) is 0 Å². The summed E-state index contributed by atoms with van der Waals surface area (Å²) >= 11 is 0. The van der Waals surface area contributed by atoms with Gasteiger partial charge in [0.05, 0.1) is 10.1 Å². The maximum absolute atomic E-state index is 12.4. The van der Waals surface area contributed by atoms with E-state index in [1.54, 1.807) is 42.2 Å². The molecule has 1 aromatic carbocycles. The molecule has 98 valence electrons. The van der Waals surface area contributed by atoms with Gasteiger partial charge in [-0.1, -0.05) is 25.1 Å². The summed E-state index contributed by atoms with van der Waals surface area (Å²) in [4.78, 5) is 13.5. The smallest absolute Gasteiger partial charge is 0.222 e. The van der Waals surface area contributed by atoms with Gasteiger partial charge in [0, 0.05) is 19.5 Å². The molecule has 0 aromatic heterocycles. The van der Waals surface area contributed by atoms with Gasteiger partial charge >= 0.3 is 0 Å². The fraction of sp³-hybridized carbons (Fsp3) is 0.462. The van der Waals surface area contributed by atoms with Crippen molar-refractivity contribution >= 4 is 15.7 Å². The summed E-state index contributed by atoms with van der Waals surface area (Å²) in [7, 11) is -3.31. The molecule has 0 bridgehead atoms. The highest BCUT2D eigenvalue weighted by molar-refractivity contribution is 7.92. The number of carbonyl (C=O) groups is 1. The van der Waals surface area contributed by atoms with Crippen LogP contribution in [0.5, 0.6) is 0 Å². The van der Waals surface area contributed by atoms with E-state index >= 15 is 0 Å². The summed E-state index contributed by atoms with van der Waals surface area (Å²) in [5.74, 6) is 0.0285. The summed E-state index contributed by atoms with van der Waals surface area (Å²) in [5.41, 5.74) is 0. The van der Waals surface area contributed by atoms with Crippen LogP contribution in [-0.2, 0) is 14.6 Å². The SMILES string of the molecule is CCC(=O)N1CCC(S(=O)(=O)c2ccccc2)C1. The fourth-order valence-electron chi connectivity index (χ4n) is 2.23. The quantitative estimate of drug-likeness (QED) is 0.833. The minimum absolute atomic E-state index is 0.0285. The minimum Gasteiger partial charge on any atom is -0.341 e. The Kier molecular flexibility index (Phi) is 3.71. The Morgan fingerprint density at radius 2 is 2.00 bits per heavy atom. The molecular weight excluding hydrogens is 250 g/mol. The lowest BCUT2D eigenvalue weighted by atomic mass is 10.4. The third-order valence-electron chi connectivity index (χ3n) is 3.31. The third kappa shape index (κ3) is 2.41. The molecule has 1 saturated heterocycles. The van der Waals surface area contributed by atoms with E-state index in [4.69, 9.17) is 0 Å². The van der Waals surface area contributed by atoms with Crippen LogP contribution in [0.1, 0.15) is 19.8 Å². The van der Waals surface area contributed by atoms with E-state index in [1.165, 1.54) is 0 Å². The van der Waals surface area contributed by atoms with Crippen LogP contribution in [0, 0.1) is 0 Å². The lowest BCUT2D eigenvalue weighted by Gasteiger charge is -2.15. The standard InChI is InChI=1S/C13H17NO3S/c1-2-13(15)14-9-8-12(10-14)18(16,17)11-6-4-3-5-7-11/h3-7,12H,2,8-10H2,1H3. The van der Waals surface area contributed by atoms with Crippen molar-refractivity contribution in [3.63, 3.8) is 0 Å². The van der Waals surface area contributed by atoms with Gasteiger partial charge in [0.1, 0.15) is 0 Å². The Morgan fingerprint density at radius 1 is 1.33 bits per heavy atom. The topological polar surface area (TPSA) is 54.5 Å². The van der Waals surface area contributed by atoms with E-state index in [2.05, 4.69) is 0 Å². The van der Waals surface area contributed by atoms with Gasteiger partial charge < -0.3 is 4.90 Å². The Labute approximate surface area is 108 Å². The summed E-state index contributed by atoms with van der Waals surface area (Å²) in [6.45, 7) is 2.66. The maximum atomic E-state index is 12.4. The van der Waals surface area contributed by atoms with Gasteiger partial charge in [-0.2, -0.15) is 0 Å². The van der Waals surface area contributed by atoms with Crippen LogP contribution in [0.15, 0.2) is 35.2 Å². The Balaban J connectivity index is 2.17. The molecule has 1 fully saturated rings. The zero-order chi connectivity index (χ0) is 13.2. The Bertz CT molecular complexity index is 524. The van der Waals surface area contributed by atoms with Gasteiger partial charge in [0.25, 0.3) is 0 Å². The van der Waals surface area contributed by atoms with E-state index in [9.17, 15) is 13.2 Å². The van der Waals surface area contributed by atoms with Gasteiger partial charge in [-0.05, 0) is 18.6 Å². The summed E-state index contributed by atoms with van der Waals surface area (Å²) in [6, 6.07) is 8.45. The van der Waals surface area contributed by atoms with Crippen molar-refractivity contribution in [1.29, 1.82) is 0 Å². The monoisotopic (exact) mass is 267 g/mol. The number of sulfone groups is 1. The lowest BCUT2D eigenvalue weighted by molar-refractivity contribution is -0.129. The average molecular weight is 267 g/mol. The fourth-order valence-corrected chi connectivity index (χ4v) is 3.95. The van der Waals surface area contributed by atoms with Crippen molar-refractivity contribution in [1.82, 2.24) is 4.90 Å². The van der Waals surface area contributed by atoms with E-state index in [-0.39, 0.29) is 5.91 Å². The van der Waals surface area contributed by atoms with E-state index in [0.717, 1.165) is 0 Å². The van der Waals surface area contributed by atoms with Gasteiger partial charge in [-0.25, -0.2) is 8.42 Å². The molecule has 0 saturated carbocycles. The van der Waals surface area contributed by atoms with Gasteiger partial charge in [0.2, 0.25) is 5.91 Å². The molecule has 2 rings (SSSR count). The van der Waals surface area contributed by atoms with Crippen LogP contribution in [0.4, 0.5) is 0 Å². The summed E-state index contributed by atoms with van der Waals surface area (Å²) in [6.07, 6.45) is 0.959. The molecule has 1 aliphatic rings. The molecule has 0 radical (unpaired) electrons. The highest BCUT2D eigenvalue weighted by Crippen LogP contribution is 2.24. The van der Waals surface area contributed by atoms with Gasteiger partial charge in [-0.15, -0.1) is 0 Å². The molecule has 1 heterocycles. The first-order chi connectivity index (χ1) is 8.55. The first-order valence-electron chi connectivity index (χ1n) is 6.12. The Morgan fingerprint density at radius 3 is 2.61 bits per heavy atom. The molecular formula is C13H17NO3S. The van der Waals surface area contributed by atoms with Crippen molar-refractivity contribution in [2.45, 2.75) is 29.9 Å². The van der Waals surface area contributed by atoms with Crippen LogP contribution in [0.25, 0.3) is 0 Å².